The van der Waals surface area contributed by atoms with Gasteiger partial charge in [-0.3, -0.25) is 9.59 Å². The number of carbonyl (C=O) groups excluding carboxylic acids is 3. The fourth-order valence-electron chi connectivity index (χ4n) is 3.86. The predicted octanol–water partition coefficient (Wildman–Crippen LogP) is 1.52. The number of amides is 3. The number of nitrogens with one attached hydrogen (secondary N) is 2. The molecule has 1 aliphatic rings. The van der Waals surface area contributed by atoms with Gasteiger partial charge < -0.3 is 29.9 Å². The molecule has 10 nitrogen and oxygen atoms in total. The summed E-state index contributed by atoms with van der Waals surface area (Å²) < 4.78 is 5.39. The summed E-state index contributed by atoms with van der Waals surface area (Å²) >= 11 is 0. The van der Waals surface area contributed by atoms with Gasteiger partial charge in [0.2, 0.25) is 5.91 Å². The first-order chi connectivity index (χ1) is 16.5. The van der Waals surface area contributed by atoms with Crippen LogP contribution in [0.15, 0.2) is 54.9 Å². The normalized spacial score (nSPS) is 15.0. The second-order valence-corrected chi connectivity index (χ2v) is 8.05. The van der Waals surface area contributed by atoms with Gasteiger partial charge in [0.25, 0.3) is 5.91 Å². The van der Waals surface area contributed by atoms with Crippen molar-refractivity contribution in [1.82, 2.24) is 25.1 Å². The van der Waals surface area contributed by atoms with Crippen LogP contribution in [0.1, 0.15) is 22.3 Å². The van der Waals surface area contributed by atoms with Crippen LogP contribution in [0.3, 0.4) is 0 Å². The fourth-order valence-corrected chi connectivity index (χ4v) is 3.86. The van der Waals surface area contributed by atoms with Gasteiger partial charge in [0.1, 0.15) is 12.6 Å². The van der Waals surface area contributed by atoms with E-state index >= 15 is 0 Å². The molecule has 1 aliphatic heterocycles. The molecule has 1 unspecified atom stereocenters. The van der Waals surface area contributed by atoms with Crippen molar-refractivity contribution in [2.45, 2.75) is 19.1 Å². The molecule has 2 heterocycles. The Morgan fingerprint density at radius 3 is 2.62 bits per heavy atom. The minimum Gasteiger partial charge on any atom is -0.445 e. The summed E-state index contributed by atoms with van der Waals surface area (Å²) in [4.78, 5) is 48.3. The second kappa shape index (κ2) is 10.8. The summed E-state index contributed by atoms with van der Waals surface area (Å²) in [6.07, 6.45) is 1.67. The van der Waals surface area contributed by atoms with Gasteiger partial charge in [-0.1, -0.05) is 30.3 Å². The molecule has 4 rings (SSSR count). The van der Waals surface area contributed by atoms with Crippen molar-refractivity contribution in [3.05, 3.63) is 66.0 Å². The van der Waals surface area contributed by atoms with Crippen molar-refractivity contribution in [1.29, 1.82) is 0 Å². The van der Waals surface area contributed by atoms with Crippen LogP contribution < -0.4 is 5.32 Å². The van der Waals surface area contributed by atoms with E-state index in [4.69, 9.17) is 4.74 Å². The van der Waals surface area contributed by atoms with Crippen molar-refractivity contribution >= 4 is 28.9 Å². The van der Waals surface area contributed by atoms with E-state index in [1.54, 1.807) is 28.0 Å². The number of hydrogen-bond donors (Lipinski definition) is 3. The highest BCUT2D eigenvalue weighted by atomic mass is 16.6. The molecule has 0 spiro atoms. The number of nitrogens with zero attached hydrogens (tertiary/aromatic N) is 3. The predicted molar refractivity (Wildman–Crippen MR) is 124 cm³/mol. The third-order valence-corrected chi connectivity index (χ3v) is 5.74. The molecule has 10 heteroatoms. The standard InChI is InChI=1S/C24H27N5O5/c30-14-21(27-22(31)18-7-8-19-20(13-18)26-16-25-19)23(32)28-9-4-10-29(12-11-28)24(33)34-15-17-5-2-1-3-6-17/h1-3,5-8,13,16,21,30H,4,9-12,14-15H2,(H,25,26)(H,27,31). The van der Waals surface area contributed by atoms with Crippen LogP contribution >= 0.6 is 0 Å². The van der Waals surface area contributed by atoms with E-state index in [1.165, 1.54) is 6.33 Å². The van der Waals surface area contributed by atoms with Crippen molar-refractivity contribution in [2.75, 3.05) is 32.8 Å². The van der Waals surface area contributed by atoms with E-state index in [0.717, 1.165) is 11.1 Å². The molecular weight excluding hydrogens is 438 g/mol. The molecule has 178 valence electrons. The number of hydrogen-bond acceptors (Lipinski definition) is 6. The van der Waals surface area contributed by atoms with Crippen molar-refractivity contribution in [3.63, 3.8) is 0 Å². The number of ether oxygens (including phenoxy) is 1. The molecule has 1 saturated heterocycles. The number of imidazole rings is 1. The Kier molecular flexibility index (Phi) is 7.38. The Morgan fingerprint density at radius 1 is 1.06 bits per heavy atom. The summed E-state index contributed by atoms with van der Waals surface area (Å²) in [6.45, 7) is 1.11. The lowest BCUT2D eigenvalue weighted by Crippen LogP contribution is -2.51. The van der Waals surface area contributed by atoms with Gasteiger partial charge in [0.15, 0.2) is 0 Å². The first kappa shape index (κ1) is 23.2. The Balaban J connectivity index is 1.31. The third-order valence-electron chi connectivity index (χ3n) is 5.74. The number of carbonyl (C=O) groups is 3. The van der Waals surface area contributed by atoms with E-state index < -0.39 is 30.6 Å². The fraction of sp³-hybridized carbons (Fsp3) is 0.333. The van der Waals surface area contributed by atoms with Crippen LogP contribution in [0.25, 0.3) is 11.0 Å². The van der Waals surface area contributed by atoms with Gasteiger partial charge in [-0.25, -0.2) is 9.78 Å². The number of H-pyrrole nitrogens is 1. The average Bonchev–Trinajstić information content (AvgIpc) is 3.20. The van der Waals surface area contributed by atoms with Gasteiger partial charge in [-0.05, 0) is 30.2 Å². The number of aliphatic hydroxyl groups excluding tert-OH is 1. The Bertz CT molecular complexity index is 1150. The lowest BCUT2D eigenvalue weighted by molar-refractivity contribution is -0.134. The molecule has 0 aliphatic carbocycles. The molecule has 3 N–H and O–H groups in total. The lowest BCUT2D eigenvalue weighted by Gasteiger charge is -2.26. The molecule has 1 aromatic heterocycles. The average molecular weight is 466 g/mol. The monoisotopic (exact) mass is 465 g/mol. The molecule has 3 aromatic rings. The zero-order chi connectivity index (χ0) is 23.9. The van der Waals surface area contributed by atoms with Crippen LogP contribution in [-0.2, 0) is 16.1 Å². The number of benzene rings is 2. The highest BCUT2D eigenvalue weighted by Crippen LogP contribution is 2.13. The maximum absolute atomic E-state index is 13.0. The van der Waals surface area contributed by atoms with Crippen molar-refractivity contribution < 1.29 is 24.2 Å². The number of aromatic amines is 1. The summed E-state index contributed by atoms with van der Waals surface area (Å²) in [5.74, 6) is -0.859. The van der Waals surface area contributed by atoms with E-state index in [2.05, 4.69) is 15.3 Å². The Morgan fingerprint density at radius 2 is 1.82 bits per heavy atom. The van der Waals surface area contributed by atoms with E-state index in [0.29, 0.717) is 37.1 Å². The minimum absolute atomic E-state index is 0.182. The topological polar surface area (TPSA) is 128 Å². The highest BCUT2D eigenvalue weighted by molar-refractivity contribution is 5.99. The highest BCUT2D eigenvalue weighted by Gasteiger charge is 2.29. The first-order valence-corrected chi connectivity index (χ1v) is 11.1. The van der Waals surface area contributed by atoms with Crippen LogP contribution in [-0.4, -0.2) is 81.6 Å². The van der Waals surface area contributed by atoms with Gasteiger partial charge in [-0.2, -0.15) is 0 Å². The van der Waals surface area contributed by atoms with E-state index in [-0.39, 0.29) is 13.2 Å². The molecule has 34 heavy (non-hydrogen) atoms. The maximum Gasteiger partial charge on any atom is 0.410 e. The second-order valence-electron chi connectivity index (χ2n) is 8.05. The number of aromatic nitrogens is 2. The minimum atomic E-state index is -1.08. The number of rotatable bonds is 6. The van der Waals surface area contributed by atoms with Crippen molar-refractivity contribution in [3.8, 4) is 0 Å². The Labute approximate surface area is 196 Å². The molecule has 3 amide bonds. The quantitative estimate of drug-likeness (QED) is 0.507. The molecule has 0 saturated carbocycles. The van der Waals surface area contributed by atoms with Crippen molar-refractivity contribution in [2.24, 2.45) is 0 Å². The zero-order valence-corrected chi connectivity index (χ0v) is 18.6. The number of aliphatic hydroxyl groups is 1. The van der Waals surface area contributed by atoms with Crippen LogP contribution in [0.2, 0.25) is 0 Å². The molecule has 0 radical (unpaired) electrons. The molecule has 0 bridgehead atoms. The maximum atomic E-state index is 13.0. The molecule has 1 fully saturated rings. The number of fused-ring (bicyclic) bond motifs is 1. The van der Waals surface area contributed by atoms with Gasteiger partial charge in [-0.15, -0.1) is 0 Å². The lowest BCUT2D eigenvalue weighted by atomic mass is 10.1. The molecular formula is C24H27N5O5. The Hall–Kier alpha value is -3.92. The smallest absolute Gasteiger partial charge is 0.410 e. The van der Waals surface area contributed by atoms with E-state index in [9.17, 15) is 19.5 Å². The van der Waals surface area contributed by atoms with Crippen LogP contribution in [0, 0.1) is 0 Å². The summed E-state index contributed by atoms with van der Waals surface area (Å²) in [6, 6.07) is 13.3. The summed E-state index contributed by atoms with van der Waals surface area (Å²) in [5, 5.41) is 12.4. The first-order valence-electron chi connectivity index (χ1n) is 11.1. The summed E-state index contributed by atoms with van der Waals surface area (Å²) in [7, 11) is 0. The van der Waals surface area contributed by atoms with E-state index in [1.807, 2.05) is 30.3 Å². The zero-order valence-electron chi connectivity index (χ0n) is 18.6. The van der Waals surface area contributed by atoms with Crippen LogP contribution in [0.5, 0.6) is 0 Å². The SMILES string of the molecule is O=C(NC(CO)C(=O)N1CCCN(C(=O)OCc2ccccc2)CC1)c1ccc2nc[nH]c2c1. The summed E-state index contributed by atoms with van der Waals surface area (Å²) in [5.41, 5.74) is 2.68. The van der Waals surface area contributed by atoms with Gasteiger partial charge in [0.05, 0.1) is 24.0 Å². The third kappa shape index (κ3) is 5.52. The van der Waals surface area contributed by atoms with Gasteiger partial charge in [0, 0.05) is 31.7 Å². The largest absolute Gasteiger partial charge is 0.445 e. The van der Waals surface area contributed by atoms with Gasteiger partial charge >= 0.3 is 6.09 Å². The van der Waals surface area contributed by atoms with Crippen LogP contribution in [0.4, 0.5) is 4.79 Å². The molecule has 2 aromatic carbocycles. The molecule has 1 atom stereocenters.